The Bertz CT molecular complexity index is 387. The van der Waals surface area contributed by atoms with Crippen molar-refractivity contribution in [3.05, 3.63) is 11.7 Å². The minimum Gasteiger partial charge on any atom is -0.349 e. The van der Waals surface area contributed by atoms with Crippen molar-refractivity contribution in [1.29, 1.82) is 0 Å². The van der Waals surface area contributed by atoms with E-state index in [0.29, 0.717) is 19.0 Å². The summed E-state index contributed by atoms with van der Waals surface area (Å²) in [6, 6.07) is 0.0938. The van der Waals surface area contributed by atoms with Gasteiger partial charge in [0.25, 0.3) is 11.7 Å². The summed E-state index contributed by atoms with van der Waals surface area (Å²) < 4.78 is 5.09. The fourth-order valence-corrected chi connectivity index (χ4v) is 1.91. The van der Waals surface area contributed by atoms with Gasteiger partial charge in [0.2, 0.25) is 5.89 Å². The number of rotatable bonds is 6. The van der Waals surface area contributed by atoms with Gasteiger partial charge in [-0.25, -0.2) is 0 Å². The average molecular weight is 253 g/mol. The summed E-state index contributed by atoms with van der Waals surface area (Å²) in [4.78, 5) is 15.8. The largest absolute Gasteiger partial charge is 0.349 e. The predicted molar refractivity (Wildman–Crippen MR) is 64.9 cm³/mol. The number of amides is 1. The zero-order valence-electron chi connectivity index (χ0n) is 10.3. The molecule has 0 aromatic carbocycles. The average Bonchev–Trinajstić information content (AvgIpc) is 3.03. The maximum Gasteiger partial charge on any atom is 0.292 e. The molecule has 1 aromatic heterocycles. The van der Waals surface area contributed by atoms with Crippen LogP contribution in [0.2, 0.25) is 0 Å². The van der Waals surface area contributed by atoms with E-state index in [-0.39, 0.29) is 17.8 Å². The van der Waals surface area contributed by atoms with Crippen LogP contribution >= 0.6 is 0 Å². The summed E-state index contributed by atoms with van der Waals surface area (Å²) in [5.74, 6) is 0.311. The van der Waals surface area contributed by atoms with E-state index in [9.17, 15) is 4.79 Å². The minimum atomic E-state index is -0.292. The van der Waals surface area contributed by atoms with Crippen molar-refractivity contribution in [2.45, 2.75) is 31.7 Å². The first-order valence-electron chi connectivity index (χ1n) is 6.36. The molecule has 7 nitrogen and oxygen atoms in total. The van der Waals surface area contributed by atoms with Crippen LogP contribution in [0.25, 0.3) is 0 Å². The smallest absolute Gasteiger partial charge is 0.292 e. The van der Waals surface area contributed by atoms with Gasteiger partial charge in [0.1, 0.15) is 0 Å². The van der Waals surface area contributed by atoms with E-state index in [2.05, 4.69) is 20.8 Å². The fraction of sp³-hybridized carbons (Fsp3) is 0.727. The summed E-state index contributed by atoms with van der Waals surface area (Å²) >= 11 is 0. The molecular formula is C11H19N5O2. The van der Waals surface area contributed by atoms with Crippen molar-refractivity contribution in [1.82, 2.24) is 20.8 Å². The second-order valence-electron chi connectivity index (χ2n) is 4.36. The van der Waals surface area contributed by atoms with E-state index in [1.807, 2.05) is 0 Å². The van der Waals surface area contributed by atoms with E-state index in [0.717, 1.165) is 32.2 Å². The predicted octanol–water partition coefficient (Wildman–Crippen LogP) is -0.0372. The van der Waals surface area contributed by atoms with Crippen LogP contribution in [0.4, 0.5) is 0 Å². The molecule has 100 valence electrons. The number of carbonyl (C=O) groups excluding carboxylic acids is 1. The van der Waals surface area contributed by atoms with E-state index in [1.54, 1.807) is 0 Å². The van der Waals surface area contributed by atoms with Crippen molar-refractivity contribution in [3.63, 3.8) is 0 Å². The molecule has 2 heterocycles. The molecule has 2 rings (SSSR count). The number of nitrogens with zero attached hydrogens (tertiary/aromatic N) is 2. The van der Waals surface area contributed by atoms with Crippen LogP contribution in [0.15, 0.2) is 4.52 Å². The zero-order chi connectivity index (χ0) is 12.8. The van der Waals surface area contributed by atoms with Crippen LogP contribution in [0.1, 0.15) is 48.2 Å². The molecule has 0 aliphatic carbocycles. The summed E-state index contributed by atoms with van der Waals surface area (Å²) in [7, 11) is 0. The third-order valence-electron chi connectivity index (χ3n) is 2.92. The third kappa shape index (κ3) is 3.27. The Morgan fingerprint density at radius 3 is 3.17 bits per heavy atom. The molecule has 1 aromatic rings. The minimum absolute atomic E-state index is 0.0938. The quantitative estimate of drug-likeness (QED) is 0.614. The van der Waals surface area contributed by atoms with Crippen molar-refractivity contribution in [2.75, 3.05) is 19.6 Å². The van der Waals surface area contributed by atoms with Crippen LogP contribution in [-0.2, 0) is 0 Å². The van der Waals surface area contributed by atoms with Gasteiger partial charge in [-0.15, -0.1) is 0 Å². The molecule has 1 amide bonds. The third-order valence-corrected chi connectivity index (χ3v) is 2.92. The van der Waals surface area contributed by atoms with Gasteiger partial charge >= 0.3 is 0 Å². The van der Waals surface area contributed by atoms with Crippen LogP contribution in [-0.4, -0.2) is 35.7 Å². The van der Waals surface area contributed by atoms with E-state index < -0.39 is 0 Å². The standard InChI is InChI=1S/C11H19N5O2/c12-5-1-2-6-14-10(17)9-15-11(18-16-9)8-4-3-7-13-8/h8,13H,1-7,12H2,(H,14,17). The fourth-order valence-electron chi connectivity index (χ4n) is 1.91. The van der Waals surface area contributed by atoms with Gasteiger partial charge in [0.05, 0.1) is 6.04 Å². The molecule has 7 heteroatoms. The van der Waals surface area contributed by atoms with Gasteiger partial charge in [-0.2, -0.15) is 4.98 Å². The summed E-state index contributed by atoms with van der Waals surface area (Å²) in [5.41, 5.74) is 5.37. The highest BCUT2D eigenvalue weighted by atomic mass is 16.5. The molecule has 1 atom stereocenters. The Morgan fingerprint density at radius 2 is 2.44 bits per heavy atom. The first-order chi connectivity index (χ1) is 8.81. The van der Waals surface area contributed by atoms with Gasteiger partial charge in [-0.1, -0.05) is 5.16 Å². The second-order valence-corrected chi connectivity index (χ2v) is 4.36. The summed E-state index contributed by atoms with van der Waals surface area (Å²) in [6.07, 6.45) is 3.81. The Kier molecular flexibility index (Phi) is 4.66. The first-order valence-corrected chi connectivity index (χ1v) is 6.36. The Labute approximate surface area is 105 Å². The maximum atomic E-state index is 11.7. The maximum absolute atomic E-state index is 11.7. The number of hydrogen-bond acceptors (Lipinski definition) is 6. The number of nitrogens with two attached hydrogens (primary N) is 1. The van der Waals surface area contributed by atoms with Crippen molar-refractivity contribution >= 4 is 5.91 Å². The molecule has 0 bridgehead atoms. The molecule has 0 radical (unpaired) electrons. The van der Waals surface area contributed by atoms with Gasteiger partial charge in [0, 0.05) is 6.54 Å². The van der Waals surface area contributed by atoms with Crippen molar-refractivity contribution in [3.8, 4) is 0 Å². The number of hydrogen-bond donors (Lipinski definition) is 3. The van der Waals surface area contributed by atoms with Gasteiger partial charge < -0.3 is 20.9 Å². The molecule has 1 unspecified atom stereocenters. The lowest BCUT2D eigenvalue weighted by Gasteiger charge is -2.02. The van der Waals surface area contributed by atoms with Crippen LogP contribution < -0.4 is 16.4 Å². The highest BCUT2D eigenvalue weighted by molar-refractivity contribution is 5.90. The van der Waals surface area contributed by atoms with Gasteiger partial charge in [-0.3, -0.25) is 4.79 Å². The topological polar surface area (TPSA) is 106 Å². The lowest BCUT2D eigenvalue weighted by atomic mass is 10.2. The van der Waals surface area contributed by atoms with Crippen LogP contribution in [0.5, 0.6) is 0 Å². The van der Waals surface area contributed by atoms with Crippen molar-refractivity contribution < 1.29 is 9.32 Å². The molecule has 1 saturated heterocycles. The zero-order valence-corrected chi connectivity index (χ0v) is 10.3. The Balaban J connectivity index is 1.83. The first kappa shape index (κ1) is 13.0. The monoisotopic (exact) mass is 253 g/mol. The van der Waals surface area contributed by atoms with Crippen LogP contribution in [0, 0.1) is 0 Å². The Hall–Kier alpha value is -1.47. The number of nitrogens with one attached hydrogen (secondary N) is 2. The molecule has 0 saturated carbocycles. The summed E-state index contributed by atoms with van der Waals surface area (Å²) in [5, 5.41) is 9.68. The molecule has 1 fully saturated rings. The lowest BCUT2D eigenvalue weighted by Crippen LogP contribution is -2.26. The lowest BCUT2D eigenvalue weighted by molar-refractivity contribution is 0.0939. The molecule has 1 aliphatic heterocycles. The normalized spacial score (nSPS) is 19.1. The Morgan fingerprint density at radius 1 is 1.56 bits per heavy atom. The van der Waals surface area contributed by atoms with Crippen LogP contribution in [0.3, 0.4) is 0 Å². The highest BCUT2D eigenvalue weighted by Gasteiger charge is 2.24. The number of aromatic nitrogens is 2. The van der Waals surface area contributed by atoms with Gasteiger partial charge in [-0.05, 0) is 38.8 Å². The van der Waals surface area contributed by atoms with Gasteiger partial charge in [0.15, 0.2) is 0 Å². The molecule has 4 N–H and O–H groups in total. The molecule has 0 spiro atoms. The highest BCUT2D eigenvalue weighted by Crippen LogP contribution is 2.20. The SMILES string of the molecule is NCCCCNC(=O)c1noc(C2CCCN2)n1. The molecular weight excluding hydrogens is 234 g/mol. The second kappa shape index (κ2) is 6.46. The number of carbonyl (C=O) groups is 1. The molecule has 18 heavy (non-hydrogen) atoms. The van der Waals surface area contributed by atoms with E-state index in [1.165, 1.54) is 0 Å². The van der Waals surface area contributed by atoms with E-state index >= 15 is 0 Å². The molecule has 1 aliphatic rings. The number of unbranched alkanes of at least 4 members (excludes halogenated alkanes) is 1. The van der Waals surface area contributed by atoms with Crippen molar-refractivity contribution in [2.24, 2.45) is 5.73 Å². The van der Waals surface area contributed by atoms with E-state index in [4.69, 9.17) is 10.3 Å². The summed E-state index contributed by atoms with van der Waals surface area (Å²) in [6.45, 7) is 2.17.